The van der Waals surface area contributed by atoms with Gasteiger partial charge in [-0.25, -0.2) is 4.39 Å². The zero-order chi connectivity index (χ0) is 13.0. The topological polar surface area (TPSA) is 29.1 Å². The number of rotatable bonds is 4. The molecular weight excluding hydrogens is 297 g/mol. The van der Waals surface area contributed by atoms with Gasteiger partial charge in [0.05, 0.1) is 0 Å². The number of carbonyl (C=O) groups is 1. The molecule has 1 aromatic carbocycles. The number of nitrogens with one attached hydrogen (secondary N) is 1. The lowest BCUT2D eigenvalue weighted by Crippen LogP contribution is -2.31. The summed E-state index contributed by atoms with van der Waals surface area (Å²) in [5.74, 6) is 0.343. The van der Waals surface area contributed by atoms with Crippen molar-refractivity contribution in [2.24, 2.45) is 5.92 Å². The van der Waals surface area contributed by atoms with Gasteiger partial charge in [0.15, 0.2) is 0 Å². The summed E-state index contributed by atoms with van der Waals surface area (Å²) in [5.41, 5.74) is 0.746. The summed E-state index contributed by atoms with van der Waals surface area (Å²) in [6.45, 7) is 1.99. The number of Topliss-reactive ketones (excluding diaryl/α,β-unsaturated/α-hetero) is 1. The maximum atomic E-state index is 13.2. The predicted octanol–water partition coefficient (Wildman–Crippen LogP) is 3.09. The molecule has 1 atom stereocenters. The van der Waals surface area contributed by atoms with Gasteiger partial charge in [-0.05, 0) is 55.6 Å². The van der Waals surface area contributed by atoms with Gasteiger partial charge in [0.25, 0.3) is 0 Å². The highest BCUT2D eigenvalue weighted by molar-refractivity contribution is 9.10. The molecule has 1 unspecified atom stereocenters. The highest BCUT2D eigenvalue weighted by atomic mass is 79.9. The average molecular weight is 314 g/mol. The number of hydrogen-bond acceptors (Lipinski definition) is 2. The van der Waals surface area contributed by atoms with Gasteiger partial charge in [0.1, 0.15) is 11.6 Å². The number of ketones is 1. The molecule has 0 aliphatic carbocycles. The van der Waals surface area contributed by atoms with Crippen LogP contribution in [0.1, 0.15) is 24.8 Å². The maximum absolute atomic E-state index is 13.2. The zero-order valence-electron chi connectivity index (χ0n) is 10.2. The van der Waals surface area contributed by atoms with E-state index in [1.54, 1.807) is 6.07 Å². The lowest BCUT2D eigenvalue weighted by Gasteiger charge is -2.21. The first-order valence-electron chi connectivity index (χ1n) is 6.31. The highest BCUT2D eigenvalue weighted by Crippen LogP contribution is 2.18. The SMILES string of the molecule is O=C(Cc1cc(F)cc(Br)c1)CC1CCCNC1. The van der Waals surface area contributed by atoms with Crippen LogP contribution >= 0.6 is 15.9 Å². The van der Waals surface area contributed by atoms with Crippen molar-refractivity contribution in [1.29, 1.82) is 0 Å². The molecule has 98 valence electrons. The largest absolute Gasteiger partial charge is 0.316 e. The molecule has 1 aliphatic rings. The Morgan fingerprint density at radius 2 is 2.28 bits per heavy atom. The van der Waals surface area contributed by atoms with Gasteiger partial charge in [-0.15, -0.1) is 0 Å². The van der Waals surface area contributed by atoms with Crippen LogP contribution in [0.4, 0.5) is 4.39 Å². The first kappa shape index (κ1) is 13.7. The Morgan fingerprint density at radius 3 is 2.94 bits per heavy atom. The van der Waals surface area contributed by atoms with E-state index in [2.05, 4.69) is 21.2 Å². The van der Waals surface area contributed by atoms with Crippen LogP contribution in [0.3, 0.4) is 0 Å². The van der Waals surface area contributed by atoms with Gasteiger partial charge in [-0.3, -0.25) is 4.79 Å². The van der Waals surface area contributed by atoms with Crippen LogP contribution in [0.2, 0.25) is 0 Å². The second kappa shape index (κ2) is 6.43. The van der Waals surface area contributed by atoms with E-state index in [4.69, 9.17) is 0 Å². The first-order chi connectivity index (χ1) is 8.63. The minimum absolute atomic E-state index is 0.196. The number of piperidine rings is 1. The van der Waals surface area contributed by atoms with E-state index in [0.717, 1.165) is 31.5 Å². The fourth-order valence-corrected chi connectivity index (χ4v) is 2.95. The molecule has 1 N–H and O–H groups in total. The second-order valence-electron chi connectivity index (χ2n) is 4.91. The molecule has 1 saturated heterocycles. The van der Waals surface area contributed by atoms with Crippen LogP contribution in [0.15, 0.2) is 22.7 Å². The fraction of sp³-hybridized carbons (Fsp3) is 0.500. The van der Waals surface area contributed by atoms with E-state index in [0.29, 0.717) is 23.2 Å². The van der Waals surface area contributed by atoms with E-state index in [1.165, 1.54) is 12.1 Å². The average Bonchev–Trinajstić information content (AvgIpc) is 2.28. The minimum Gasteiger partial charge on any atom is -0.316 e. The van der Waals surface area contributed by atoms with Crippen molar-refractivity contribution in [3.05, 3.63) is 34.1 Å². The van der Waals surface area contributed by atoms with E-state index >= 15 is 0 Å². The molecule has 0 bridgehead atoms. The molecule has 0 radical (unpaired) electrons. The Hall–Kier alpha value is -0.740. The van der Waals surface area contributed by atoms with Crippen molar-refractivity contribution in [2.45, 2.75) is 25.7 Å². The number of benzene rings is 1. The Kier molecular flexibility index (Phi) is 4.89. The lowest BCUT2D eigenvalue weighted by molar-refractivity contribution is -0.119. The third-order valence-corrected chi connectivity index (χ3v) is 3.70. The van der Waals surface area contributed by atoms with Crippen molar-refractivity contribution in [1.82, 2.24) is 5.32 Å². The van der Waals surface area contributed by atoms with Crippen molar-refractivity contribution in [2.75, 3.05) is 13.1 Å². The third-order valence-electron chi connectivity index (χ3n) is 3.24. The molecule has 2 rings (SSSR count). The van der Waals surface area contributed by atoms with E-state index < -0.39 is 0 Å². The van der Waals surface area contributed by atoms with Crippen molar-refractivity contribution >= 4 is 21.7 Å². The first-order valence-corrected chi connectivity index (χ1v) is 7.10. The number of hydrogen-bond donors (Lipinski definition) is 1. The molecule has 18 heavy (non-hydrogen) atoms. The third kappa shape index (κ3) is 4.18. The normalized spacial score (nSPS) is 19.8. The van der Waals surface area contributed by atoms with Crippen molar-refractivity contribution in [3.63, 3.8) is 0 Å². The zero-order valence-corrected chi connectivity index (χ0v) is 11.8. The van der Waals surface area contributed by atoms with Gasteiger partial charge in [0, 0.05) is 17.3 Å². The summed E-state index contributed by atoms with van der Waals surface area (Å²) < 4.78 is 13.9. The molecule has 0 saturated carbocycles. The predicted molar refractivity (Wildman–Crippen MR) is 73.0 cm³/mol. The number of halogens is 2. The molecule has 0 amide bonds. The number of carbonyl (C=O) groups excluding carboxylic acids is 1. The lowest BCUT2D eigenvalue weighted by atomic mass is 9.92. The Bertz CT molecular complexity index is 410. The molecule has 0 spiro atoms. The highest BCUT2D eigenvalue weighted by Gasteiger charge is 2.17. The molecule has 1 fully saturated rings. The minimum atomic E-state index is -0.300. The summed E-state index contributed by atoms with van der Waals surface area (Å²) in [4.78, 5) is 11.9. The van der Waals surface area contributed by atoms with Crippen molar-refractivity contribution in [3.8, 4) is 0 Å². The van der Waals surface area contributed by atoms with Crippen LogP contribution in [-0.2, 0) is 11.2 Å². The quantitative estimate of drug-likeness (QED) is 0.925. The molecule has 2 nitrogen and oxygen atoms in total. The summed E-state index contributed by atoms with van der Waals surface area (Å²) in [6.07, 6.45) is 3.18. The molecule has 1 aliphatic heterocycles. The van der Waals surface area contributed by atoms with Crippen LogP contribution < -0.4 is 5.32 Å². The maximum Gasteiger partial charge on any atom is 0.137 e. The summed E-state index contributed by atoms with van der Waals surface area (Å²) >= 11 is 3.24. The smallest absolute Gasteiger partial charge is 0.137 e. The summed E-state index contributed by atoms with van der Waals surface area (Å²) in [5, 5.41) is 3.30. The van der Waals surface area contributed by atoms with E-state index in [1.807, 2.05) is 0 Å². The standard InChI is InChI=1S/C14H17BrFNO/c15-12-4-11(5-13(16)8-12)7-14(18)6-10-2-1-3-17-9-10/h4-5,8,10,17H,1-3,6-7,9H2. The van der Waals surface area contributed by atoms with Gasteiger partial charge < -0.3 is 5.32 Å². The second-order valence-corrected chi connectivity index (χ2v) is 5.83. The van der Waals surface area contributed by atoms with Crippen LogP contribution in [0.25, 0.3) is 0 Å². The monoisotopic (exact) mass is 313 g/mol. The summed E-state index contributed by atoms with van der Waals surface area (Å²) in [6, 6.07) is 4.64. The van der Waals surface area contributed by atoms with Gasteiger partial charge >= 0.3 is 0 Å². The fourth-order valence-electron chi connectivity index (χ4n) is 2.43. The Morgan fingerprint density at radius 1 is 1.44 bits per heavy atom. The molecule has 1 aromatic rings. The Labute approximate surface area is 115 Å². The van der Waals surface area contributed by atoms with E-state index in [-0.39, 0.29) is 11.6 Å². The van der Waals surface area contributed by atoms with Gasteiger partial charge in [0.2, 0.25) is 0 Å². The molecule has 0 aromatic heterocycles. The molecule has 1 heterocycles. The summed E-state index contributed by atoms with van der Waals surface area (Å²) in [7, 11) is 0. The van der Waals surface area contributed by atoms with Crippen molar-refractivity contribution < 1.29 is 9.18 Å². The molecule has 4 heteroatoms. The molecular formula is C14H17BrFNO. The Balaban J connectivity index is 1.89. The van der Waals surface area contributed by atoms with Gasteiger partial charge in [-0.1, -0.05) is 15.9 Å². The van der Waals surface area contributed by atoms with Gasteiger partial charge in [-0.2, -0.15) is 0 Å². The van der Waals surface area contributed by atoms with Crippen LogP contribution in [0, 0.1) is 11.7 Å². The van der Waals surface area contributed by atoms with E-state index in [9.17, 15) is 9.18 Å². The van der Waals surface area contributed by atoms with Crippen LogP contribution in [0.5, 0.6) is 0 Å². The van der Waals surface area contributed by atoms with Crippen LogP contribution in [-0.4, -0.2) is 18.9 Å².